The number of carbonyl (C=O) groups excluding carboxylic acids is 2. The molecule has 1 saturated heterocycles. The highest BCUT2D eigenvalue weighted by Gasteiger charge is 2.52. The van der Waals surface area contributed by atoms with Gasteiger partial charge >= 0.3 is 6.03 Å². The van der Waals surface area contributed by atoms with Gasteiger partial charge in [-0.2, -0.15) is 4.98 Å². The van der Waals surface area contributed by atoms with Crippen LogP contribution in [0.25, 0.3) is 11.4 Å². The average Bonchev–Trinajstić information content (AvgIpc) is 3.40. The number of nitrogens with zero attached hydrogens (tertiary/aromatic N) is 3. The predicted molar refractivity (Wildman–Crippen MR) is 122 cm³/mol. The standard InChI is InChI=1S/C26H22N4O3/c1-18-10-8-9-15-21(18)23-27-22(33-29-23)17-30-24(31)26(28-25(30)32,20-13-6-3-7-14-20)16-19-11-4-2-5-12-19/h2-15H,16-17H2,1H3,(H,28,32). The summed E-state index contributed by atoms with van der Waals surface area (Å²) in [6.45, 7) is 1.85. The molecule has 0 aliphatic carbocycles. The Morgan fingerprint density at radius 3 is 2.30 bits per heavy atom. The number of aryl methyl sites for hydroxylation is 1. The second-order valence-electron chi connectivity index (χ2n) is 8.08. The monoisotopic (exact) mass is 438 g/mol. The van der Waals surface area contributed by atoms with E-state index in [-0.39, 0.29) is 18.3 Å². The Morgan fingerprint density at radius 2 is 1.58 bits per heavy atom. The summed E-state index contributed by atoms with van der Waals surface area (Å²) in [5, 5.41) is 6.99. The van der Waals surface area contributed by atoms with Crippen LogP contribution >= 0.6 is 0 Å². The minimum atomic E-state index is -1.21. The molecule has 3 aromatic carbocycles. The lowest BCUT2D eigenvalue weighted by atomic mass is 9.83. The number of urea groups is 1. The second-order valence-corrected chi connectivity index (χ2v) is 8.08. The van der Waals surface area contributed by atoms with E-state index in [1.807, 2.05) is 91.9 Å². The first-order chi connectivity index (χ1) is 16.1. The summed E-state index contributed by atoms with van der Waals surface area (Å²) in [5.74, 6) is 0.271. The first-order valence-electron chi connectivity index (χ1n) is 10.7. The van der Waals surface area contributed by atoms with Crippen molar-refractivity contribution in [2.24, 2.45) is 0 Å². The Kier molecular flexibility index (Phi) is 5.22. The predicted octanol–water partition coefficient (Wildman–Crippen LogP) is 4.24. The van der Waals surface area contributed by atoms with Crippen molar-refractivity contribution in [2.75, 3.05) is 0 Å². The minimum absolute atomic E-state index is 0.104. The van der Waals surface area contributed by atoms with Gasteiger partial charge in [0, 0.05) is 12.0 Å². The van der Waals surface area contributed by atoms with Crippen molar-refractivity contribution < 1.29 is 14.1 Å². The van der Waals surface area contributed by atoms with Gasteiger partial charge in [-0.15, -0.1) is 0 Å². The Balaban J connectivity index is 1.46. The molecule has 7 nitrogen and oxygen atoms in total. The van der Waals surface area contributed by atoms with Crippen LogP contribution in [0.3, 0.4) is 0 Å². The van der Waals surface area contributed by atoms with Gasteiger partial charge in [-0.1, -0.05) is 90.1 Å². The molecule has 1 fully saturated rings. The topological polar surface area (TPSA) is 88.3 Å². The number of imide groups is 1. The van der Waals surface area contributed by atoms with E-state index in [0.29, 0.717) is 12.2 Å². The van der Waals surface area contributed by atoms with Gasteiger partial charge in [-0.25, -0.2) is 4.79 Å². The highest BCUT2D eigenvalue weighted by molar-refractivity contribution is 6.07. The molecule has 1 aliphatic heterocycles. The number of carbonyl (C=O) groups is 2. The van der Waals surface area contributed by atoms with Gasteiger partial charge < -0.3 is 9.84 Å². The number of rotatable bonds is 6. The summed E-state index contributed by atoms with van der Waals surface area (Å²) in [7, 11) is 0. The number of benzene rings is 3. The van der Waals surface area contributed by atoms with Gasteiger partial charge in [-0.3, -0.25) is 9.69 Å². The molecule has 0 radical (unpaired) electrons. The molecule has 7 heteroatoms. The van der Waals surface area contributed by atoms with Crippen LogP contribution in [-0.2, 0) is 23.3 Å². The van der Waals surface area contributed by atoms with Crippen LogP contribution in [0.4, 0.5) is 4.79 Å². The molecule has 2 heterocycles. The third-order valence-electron chi connectivity index (χ3n) is 5.90. The maximum absolute atomic E-state index is 13.7. The highest BCUT2D eigenvalue weighted by atomic mass is 16.5. The largest absolute Gasteiger partial charge is 0.337 e. The summed E-state index contributed by atoms with van der Waals surface area (Å²) < 4.78 is 5.39. The van der Waals surface area contributed by atoms with Gasteiger partial charge in [0.15, 0.2) is 5.54 Å². The van der Waals surface area contributed by atoms with Crippen LogP contribution in [0.15, 0.2) is 89.5 Å². The SMILES string of the molecule is Cc1ccccc1-c1noc(CN2C(=O)NC(Cc3ccccc3)(c3ccccc3)C2=O)n1. The molecule has 1 aromatic heterocycles. The lowest BCUT2D eigenvalue weighted by Gasteiger charge is -2.27. The summed E-state index contributed by atoms with van der Waals surface area (Å²) in [5.41, 5.74) is 2.30. The number of aromatic nitrogens is 2. The van der Waals surface area contributed by atoms with Crippen molar-refractivity contribution >= 4 is 11.9 Å². The normalized spacial score (nSPS) is 17.9. The fourth-order valence-electron chi connectivity index (χ4n) is 4.20. The van der Waals surface area contributed by atoms with Gasteiger partial charge in [0.25, 0.3) is 5.91 Å². The lowest BCUT2D eigenvalue weighted by Crippen LogP contribution is -2.46. The molecule has 0 saturated carbocycles. The Bertz CT molecular complexity index is 1300. The van der Waals surface area contributed by atoms with E-state index < -0.39 is 11.6 Å². The molecule has 4 aromatic rings. The van der Waals surface area contributed by atoms with Crippen LogP contribution in [-0.4, -0.2) is 27.0 Å². The zero-order valence-electron chi connectivity index (χ0n) is 18.1. The van der Waals surface area contributed by atoms with Gasteiger partial charge in [0.1, 0.15) is 6.54 Å². The maximum atomic E-state index is 13.7. The third-order valence-corrected chi connectivity index (χ3v) is 5.90. The van der Waals surface area contributed by atoms with Crippen molar-refractivity contribution in [3.8, 4) is 11.4 Å². The fraction of sp³-hybridized carbons (Fsp3) is 0.154. The molecule has 33 heavy (non-hydrogen) atoms. The number of hydrogen-bond donors (Lipinski definition) is 1. The van der Waals surface area contributed by atoms with Crippen LogP contribution in [0.2, 0.25) is 0 Å². The van der Waals surface area contributed by atoms with E-state index in [2.05, 4.69) is 15.5 Å². The van der Waals surface area contributed by atoms with Crippen molar-refractivity contribution in [3.05, 3.63) is 108 Å². The minimum Gasteiger partial charge on any atom is -0.337 e. The smallest absolute Gasteiger partial charge is 0.325 e. The number of amides is 3. The van der Waals surface area contributed by atoms with Crippen molar-refractivity contribution in [1.29, 1.82) is 0 Å². The van der Waals surface area contributed by atoms with Gasteiger partial charge in [-0.05, 0) is 23.6 Å². The zero-order chi connectivity index (χ0) is 22.8. The van der Waals surface area contributed by atoms with E-state index in [1.165, 1.54) is 0 Å². The lowest BCUT2D eigenvalue weighted by molar-refractivity contribution is -0.132. The molecular formula is C26H22N4O3. The van der Waals surface area contributed by atoms with Gasteiger partial charge in [0.05, 0.1) is 0 Å². The second kappa shape index (κ2) is 8.35. The van der Waals surface area contributed by atoms with Crippen molar-refractivity contribution in [2.45, 2.75) is 25.4 Å². The van der Waals surface area contributed by atoms with E-state index in [0.717, 1.165) is 27.2 Å². The van der Waals surface area contributed by atoms with Crippen LogP contribution in [0, 0.1) is 6.92 Å². The van der Waals surface area contributed by atoms with Crippen molar-refractivity contribution in [1.82, 2.24) is 20.4 Å². The van der Waals surface area contributed by atoms with Crippen LogP contribution < -0.4 is 5.32 Å². The van der Waals surface area contributed by atoms with Gasteiger partial charge in [0.2, 0.25) is 11.7 Å². The first kappa shape index (κ1) is 20.6. The fourth-order valence-corrected chi connectivity index (χ4v) is 4.20. The van der Waals surface area contributed by atoms with Crippen LogP contribution in [0.5, 0.6) is 0 Å². The van der Waals surface area contributed by atoms with E-state index in [4.69, 9.17) is 4.52 Å². The quantitative estimate of drug-likeness (QED) is 0.455. The van der Waals surface area contributed by atoms with E-state index in [9.17, 15) is 9.59 Å². The summed E-state index contributed by atoms with van der Waals surface area (Å²) >= 11 is 0. The maximum Gasteiger partial charge on any atom is 0.325 e. The molecule has 5 rings (SSSR count). The molecule has 0 spiro atoms. The summed E-state index contributed by atoms with van der Waals surface area (Å²) in [6.07, 6.45) is 0.331. The molecule has 1 unspecified atom stereocenters. The Morgan fingerprint density at radius 1 is 0.909 bits per heavy atom. The molecule has 1 atom stereocenters. The molecular weight excluding hydrogens is 416 g/mol. The molecule has 0 bridgehead atoms. The number of nitrogens with one attached hydrogen (secondary N) is 1. The molecule has 1 aliphatic rings. The first-order valence-corrected chi connectivity index (χ1v) is 10.7. The van der Waals surface area contributed by atoms with Crippen molar-refractivity contribution in [3.63, 3.8) is 0 Å². The zero-order valence-corrected chi connectivity index (χ0v) is 18.1. The molecule has 3 amide bonds. The Labute approximate surface area is 191 Å². The van der Waals surface area contributed by atoms with E-state index in [1.54, 1.807) is 0 Å². The Hall–Kier alpha value is -4.26. The highest BCUT2D eigenvalue weighted by Crippen LogP contribution is 2.34. The summed E-state index contributed by atoms with van der Waals surface area (Å²) in [4.78, 5) is 32.3. The third kappa shape index (κ3) is 3.78. The number of hydrogen-bond acceptors (Lipinski definition) is 5. The molecule has 1 N–H and O–H groups in total. The average molecular weight is 438 g/mol. The van der Waals surface area contributed by atoms with E-state index >= 15 is 0 Å². The van der Waals surface area contributed by atoms with Crippen LogP contribution in [0.1, 0.15) is 22.6 Å². The summed E-state index contributed by atoms with van der Waals surface area (Å²) in [6, 6.07) is 26.1. The molecule has 164 valence electrons.